The third-order valence-electron chi connectivity index (χ3n) is 2.21. The Morgan fingerprint density at radius 3 is 2.72 bits per heavy atom. The van der Waals surface area contributed by atoms with E-state index in [1.807, 2.05) is 6.92 Å². The van der Waals surface area contributed by atoms with Crippen molar-refractivity contribution in [1.82, 2.24) is 5.32 Å². The standard InChI is InChI=1S/C11H16N4O3/c1-7-2-3-8(9(6-7)15-13)10(16)14-4-5-18-11(12)17/h2-3,6,15H,4-5,13H2,1H3,(H2,12,17)(H,14,16). The fraction of sp³-hybridized carbons (Fsp3) is 0.273. The molecule has 7 heteroatoms. The van der Waals surface area contributed by atoms with Crippen LogP contribution in [0.25, 0.3) is 0 Å². The maximum Gasteiger partial charge on any atom is 0.404 e. The van der Waals surface area contributed by atoms with Crippen LogP contribution in [-0.2, 0) is 4.74 Å². The van der Waals surface area contributed by atoms with Gasteiger partial charge in [0, 0.05) is 0 Å². The number of rotatable bonds is 5. The van der Waals surface area contributed by atoms with Crippen LogP contribution in [0.2, 0.25) is 0 Å². The lowest BCUT2D eigenvalue weighted by molar-refractivity contribution is 0.0937. The minimum Gasteiger partial charge on any atom is -0.448 e. The molecule has 0 unspecified atom stereocenters. The highest BCUT2D eigenvalue weighted by molar-refractivity contribution is 5.99. The summed E-state index contributed by atoms with van der Waals surface area (Å²) in [6.07, 6.45) is -0.871. The Labute approximate surface area is 104 Å². The zero-order valence-electron chi connectivity index (χ0n) is 10.0. The molecule has 0 saturated carbocycles. The molecule has 0 aliphatic heterocycles. The molecule has 0 spiro atoms. The first-order chi connectivity index (χ1) is 8.54. The molecule has 1 aromatic rings. The summed E-state index contributed by atoms with van der Waals surface area (Å²) in [5.74, 6) is 5.03. The number of benzene rings is 1. The van der Waals surface area contributed by atoms with E-state index in [1.54, 1.807) is 18.2 Å². The Morgan fingerprint density at radius 2 is 2.11 bits per heavy atom. The van der Waals surface area contributed by atoms with Crippen molar-refractivity contribution in [2.45, 2.75) is 6.92 Å². The van der Waals surface area contributed by atoms with E-state index in [9.17, 15) is 9.59 Å². The van der Waals surface area contributed by atoms with Gasteiger partial charge in [0.25, 0.3) is 5.91 Å². The molecule has 0 atom stereocenters. The Bertz CT molecular complexity index is 448. The minimum atomic E-state index is -0.871. The van der Waals surface area contributed by atoms with Crippen LogP contribution in [0.1, 0.15) is 15.9 Å². The molecule has 0 fully saturated rings. The highest BCUT2D eigenvalue weighted by atomic mass is 16.5. The summed E-state index contributed by atoms with van der Waals surface area (Å²) in [5, 5.41) is 2.58. The molecule has 0 aliphatic carbocycles. The number of nitrogens with one attached hydrogen (secondary N) is 2. The quantitative estimate of drug-likeness (QED) is 0.337. The summed E-state index contributed by atoms with van der Waals surface area (Å²) >= 11 is 0. The lowest BCUT2D eigenvalue weighted by Gasteiger charge is -2.10. The van der Waals surface area contributed by atoms with Crippen molar-refractivity contribution < 1.29 is 14.3 Å². The van der Waals surface area contributed by atoms with Gasteiger partial charge in [0.1, 0.15) is 6.61 Å². The molecule has 18 heavy (non-hydrogen) atoms. The van der Waals surface area contributed by atoms with Gasteiger partial charge in [-0.05, 0) is 24.6 Å². The molecule has 0 radical (unpaired) electrons. The highest BCUT2D eigenvalue weighted by Crippen LogP contribution is 2.16. The predicted octanol–water partition coefficient (Wildman–Crippen LogP) is 0.106. The predicted molar refractivity (Wildman–Crippen MR) is 66.9 cm³/mol. The van der Waals surface area contributed by atoms with Gasteiger partial charge in [-0.3, -0.25) is 10.6 Å². The monoisotopic (exact) mass is 252 g/mol. The second-order valence-corrected chi connectivity index (χ2v) is 3.62. The van der Waals surface area contributed by atoms with Crippen LogP contribution in [0.5, 0.6) is 0 Å². The summed E-state index contributed by atoms with van der Waals surface area (Å²) in [7, 11) is 0. The SMILES string of the molecule is Cc1ccc(C(=O)NCCOC(N)=O)c(NN)c1. The van der Waals surface area contributed by atoms with Gasteiger partial charge < -0.3 is 21.2 Å². The van der Waals surface area contributed by atoms with Gasteiger partial charge >= 0.3 is 6.09 Å². The molecule has 1 rings (SSSR count). The van der Waals surface area contributed by atoms with Crippen LogP contribution in [0.4, 0.5) is 10.5 Å². The molecule has 0 aliphatic rings. The van der Waals surface area contributed by atoms with E-state index >= 15 is 0 Å². The number of carbonyl (C=O) groups excluding carboxylic acids is 2. The summed E-state index contributed by atoms with van der Waals surface area (Å²) in [5.41, 5.74) is 9.17. The van der Waals surface area contributed by atoms with Crippen molar-refractivity contribution >= 4 is 17.7 Å². The lowest BCUT2D eigenvalue weighted by Crippen LogP contribution is -2.30. The van der Waals surface area contributed by atoms with Crippen LogP contribution in [-0.4, -0.2) is 25.2 Å². The van der Waals surface area contributed by atoms with Crippen molar-refractivity contribution in [2.75, 3.05) is 18.6 Å². The van der Waals surface area contributed by atoms with E-state index in [0.29, 0.717) is 11.3 Å². The van der Waals surface area contributed by atoms with Crippen LogP contribution in [0.3, 0.4) is 0 Å². The van der Waals surface area contributed by atoms with E-state index in [4.69, 9.17) is 11.6 Å². The van der Waals surface area contributed by atoms with E-state index in [0.717, 1.165) is 5.56 Å². The average Bonchev–Trinajstić information content (AvgIpc) is 2.33. The second kappa shape index (κ2) is 6.45. The Hall–Kier alpha value is -2.28. The number of hydrazine groups is 1. The zero-order valence-corrected chi connectivity index (χ0v) is 10.0. The fourth-order valence-electron chi connectivity index (χ4n) is 1.39. The van der Waals surface area contributed by atoms with E-state index in [1.165, 1.54) is 0 Å². The van der Waals surface area contributed by atoms with Gasteiger partial charge in [0.2, 0.25) is 0 Å². The first kappa shape index (κ1) is 13.8. The van der Waals surface area contributed by atoms with Gasteiger partial charge in [-0.1, -0.05) is 6.07 Å². The van der Waals surface area contributed by atoms with Gasteiger partial charge in [0.05, 0.1) is 17.8 Å². The molecule has 0 saturated heterocycles. The largest absolute Gasteiger partial charge is 0.448 e. The summed E-state index contributed by atoms with van der Waals surface area (Å²) in [4.78, 5) is 22.1. The van der Waals surface area contributed by atoms with Gasteiger partial charge in [-0.15, -0.1) is 0 Å². The molecule has 98 valence electrons. The van der Waals surface area contributed by atoms with E-state index < -0.39 is 6.09 Å². The molecule has 0 heterocycles. The van der Waals surface area contributed by atoms with Crippen LogP contribution >= 0.6 is 0 Å². The zero-order chi connectivity index (χ0) is 13.5. The molecule has 0 aromatic heterocycles. The Balaban J connectivity index is 2.58. The third-order valence-corrected chi connectivity index (χ3v) is 2.21. The Kier molecular flexibility index (Phi) is 4.94. The third kappa shape index (κ3) is 3.95. The number of nitrogen functional groups attached to an aromatic ring is 1. The number of amides is 2. The van der Waals surface area contributed by atoms with Crippen LogP contribution < -0.4 is 22.3 Å². The van der Waals surface area contributed by atoms with Crippen molar-refractivity contribution in [3.8, 4) is 0 Å². The summed E-state index contributed by atoms with van der Waals surface area (Å²) < 4.78 is 4.49. The summed E-state index contributed by atoms with van der Waals surface area (Å²) in [6.45, 7) is 2.10. The number of aryl methyl sites for hydroxylation is 1. The number of hydrogen-bond acceptors (Lipinski definition) is 5. The number of ether oxygens (including phenoxy) is 1. The lowest BCUT2D eigenvalue weighted by atomic mass is 10.1. The van der Waals surface area contributed by atoms with Gasteiger partial charge in [-0.25, -0.2) is 4.79 Å². The topological polar surface area (TPSA) is 119 Å². The number of carbonyl (C=O) groups is 2. The molecule has 0 bridgehead atoms. The first-order valence-electron chi connectivity index (χ1n) is 5.32. The number of primary amides is 1. The van der Waals surface area contributed by atoms with E-state index in [-0.39, 0.29) is 19.1 Å². The molecule has 7 nitrogen and oxygen atoms in total. The normalized spacial score (nSPS) is 9.67. The maximum absolute atomic E-state index is 11.8. The average molecular weight is 252 g/mol. The molecule has 1 aromatic carbocycles. The highest BCUT2D eigenvalue weighted by Gasteiger charge is 2.10. The second-order valence-electron chi connectivity index (χ2n) is 3.62. The van der Waals surface area contributed by atoms with Crippen molar-refractivity contribution in [3.63, 3.8) is 0 Å². The van der Waals surface area contributed by atoms with Crippen molar-refractivity contribution in [3.05, 3.63) is 29.3 Å². The van der Waals surface area contributed by atoms with Crippen LogP contribution in [0.15, 0.2) is 18.2 Å². The smallest absolute Gasteiger partial charge is 0.404 e. The van der Waals surface area contributed by atoms with Gasteiger partial charge in [-0.2, -0.15) is 0 Å². The summed E-state index contributed by atoms with van der Waals surface area (Å²) in [6, 6.07) is 5.22. The number of hydrogen-bond donors (Lipinski definition) is 4. The first-order valence-corrected chi connectivity index (χ1v) is 5.32. The fourth-order valence-corrected chi connectivity index (χ4v) is 1.39. The van der Waals surface area contributed by atoms with Crippen molar-refractivity contribution in [1.29, 1.82) is 0 Å². The van der Waals surface area contributed by atoms with Gasteiger partial charge in [0.15, 0.2) is 0 Å². The Morgan fingerprint density at radius 1 is 1.39 bits per heavy atom. The van der Waals surface area contributed by atoms with Crippen LogP contribution in [0, 0.1) is 6.92 Å². The van der Waals surface area contributed by atoms with Crippen molar-refractivity contribution in [2.24, 2.45) is 11.6 Å². The van der Waals surface area contributed by atoms with E-state index in [2.05, 4.69) is 15.5 Å². The minimum absolute atomic E-state index is 0.0261. The molecule has 2 amide bonds. The number of nitrogens with two attached hydrogens (primary N) is 2. The molecule has 6 N–H and O–H groups in total. The molecular weight excluding hydrogens is 236 g/mol. The molecular formula is C11H16N4O3. The maximum atomic E-state index is 11.8. The number of anilines is 1.